The molecule has 0 aliphatic carbocycles. The van der Waals surface area contributed by atoms with Crippen molar-refractivity contribution in [3.05, 3.63) is 62.7 Å². The van der Waals surface area contributed by atoms with Crippen LogP contribution >= 0.6 is 0 Å². The predicted octanol–water partition coefficient (Wildman–Crippen LogP) is 2.59. The summed E-state index contributed by atoms with van der Waals surface area (Å²) in [5.74, 6) is -2.72. The largest absolute Gasteiger partial charge is 0.500 e. The fourth-order valence-electron chi connectivity index (χ4n) is 2.92. The second-order valence-corrected chi connectivity index (χ2v) is 6.57. The lowest BCUT2D eigenvalue weighted by molar-refractivity contribution is -0.386. The van der Waals surface area contributed by atoms with Gasteiger partial charge in [-0.2, -0.15) is 0 Å². The maximum atomic E-state index is 12.9. The average Bonchev–Trinajstić information content (AvgIpc) is 2.68. The lowest BCUT2D eigenvalue weighted by atomic mass is 10.0. The summed E-state index contributed by atoms with van der Waals surface area (Å²) in [5.41, 5.74) is 1.06. The number of phenolic OH excluding ortho intramolecular Hbond substituents is 1. The van der Waals surface area contributed by atoms with Crippen LogP contribution < -0.4 is 15.0 Å². The summed E-state index contributed by atoms with van der Waals surface area (Å²) in [4.78, 5) is 48.7. The number of nitro benzene ring substituents is 1. The Morgan fingerprint density at radius 2 is 1.83 bits per heavy atom. The summed E-state index contributed by atoms with van der Waals surface area (Å²) in [7, 11) is 1.20. The van der Waals surface area contributed by atoms with Crippen molar-refractivity contribution in [2.75, 3.05) is 12.0 Å². The molecule has 1 heterocycles. The first-order chi connectivity index (χ1) is 14.1. The molecule has 2 aromatic rings. The minimum atomic E-state index is -0.945. The van der Waals surface area contributed by atoms with E-state index < -0.39 is 39.8 Å². The van der Waals surface area contributed by atoms with Crippen molar-refractivity contribution in [2.45, 2.75) is 13.8 Å². The molecule has 1 saturated heterocycles. The Hall–Kier alpha value is -4.21. The van der Waals surface area contributed by atoms with Crippen LogP contribution in [0.3, 0.4) is 0 Å². The smallest absolute Gasteiger partial charge is 0.335 e. The van der Waals surface area contributed by atoms with E-state index in [9.17, 15) is 29.6 Å². The number of hydrogen-bond acceptors (Lipinski definition) is 7. The second-order valence-electron chi connectivity index (χ2n) is 6.57. The molecule has 154 valence electrons. The number of benzene rings is 2. The number of ether oxygens (including phenoxy) is 1. The van der Waals surface area contributed by atoms with Crippen molar-refractivity contribution in [1.29, 1.82) is 0 Å². The van der Waals surface area contributed by atoms with E-state index in [2.05, 4.69) is 5.32 Å². The quantitative estimate of drug-likeness (QED) is 0.341. The number of urea groups is 1. The van der Waals surface area contributed by atoms with Gasteiger partial charge in [-0.3, -0.25) is 25.0 Å². The minimum absolute atomic E-state index is 0.0595. The van der Waals surface area contributed by atoms with E-state index in [-0.39, 0.29) is 17.0 Å². The Kier molecular flexibility index (Phi) is 5.24. The van der Waals surface area contributed by atoms with Gasteiger partial charge in [-0.15, -0.1) is 0 Å². The van der Waals surface area contributed by atoms with Gasteiger partial charge in [0, 0.05) is 6.07 Å². The predicted molar refractivity (Wildman–Crippen MR) is 106 cm³/mol. The molecule has 1 fully saturated rings. The van der Waals surface area contributed by atoms with Crippen LogP contribution in [0, 0.1) is 24.0 Å². The first kappa shape index (κ1) is 20.5. The first-order valence-corrected chi connectivity index (χ1v) is 8.68. The number of rotatable bonds is 4. The lowest BCUT2D eigenvalue weighted by Gasteiger charge is -2.26. The second kappa shape index (κ2) is 7.66. The molecule has 0 aromatic heterocycles. The number of nitro groups is 1. The van der Waals surface area contributed by atoms with Gasteiger partial charge < -0.3 is 9.84 Å². The molecule has 2 N–H and O–H groups in total. The van der Waals surface area contributed by atoms with Crippen molar-refractivity contribution in [3.8, 4) is 11.5 Å². The number of barbiturate groups is 1. The Labute approximate surface area is 170 Å². The Bertz CT molecular complexity index is 1140. The topological polar surface area (TPSA) is 139 Å². The summed E-state index contributed by atoms with van der Waals surface area (Å²) in [6.45, 7) is 3.69. The van der Waals surface area contributed by atoms with Gasteiger partial charge in [0.05, 0.1) is 17.7 Å². The molecule has 0 spiro atoms. The van der Waals surface area contributed by atoms with Crippen LogP contribution in [-0.2, 0) is 9.59 Å². The molecule has 1 aliphatic heterocycles. The highest BCUT2D eigenvalue weighted by molar-refractivity contribution is 6.39. The van der Waals surface area contributed by atoms with E-state index in [1.807, 2.05) is 13.8 Å². The number of nitrogens with one attached hydrogen (secondary N) is 1. The van der Waals surface area contributed by atoms with Crippen LogP contribution in [0.25, 0.3) is 6.08 Å². The van der Waals surface area contributed by atoms with Crippen LogP contribution in [0.15, 0.2) is 35.9 Å². The maximum absolute atomic E-state index is 12.9. The van der Waals surface area contributed by atoms with Gasteiger partial charge in [-0.1, -0.05) is 6.07 Å². The molecule has 0 atom stereocenters. The van der Waals surface area contributed by atoms with Crippen LogP contribution in [0.1, 0.15) is 16.7 Å². The summed E-state index contributed by atoms with van der Waals surface area (Å²) in [5, 5.41) is 23.1. The number of methoxy groups -OCH3 is 1. The molecule has 10 heteroatoms. The van der Waals surface area contributed by atoms with E-state index in [0.29, 0.717) is 0 Å². The number of carbonyl (C=O) groups is 3. The van der Waals surface area contributed by atoms with Crippen molar-refractivity contribution in [2.24, 2.45) is 0 Å². The van der Waals surface area contributed by atoms with E-state index in [1.165, 1.54) is 13.2 Å². The van der Waals surface area contributed by atoms with Crippen LogP contribution in [0.5, 0.6) is 11.5 Å². The summed E-state index contributed by atoms with van der Waals surface area (Å²) in [6.07, 6.45) is 1.09. The molecule has 2 aromatic carbocycles. The molecule has 0 saturated carbocycles. The molecule has 30 heavy (non-hydrogen) atoms. The van der Waals surface area contributed by atoms with Gasteiger partial charge >= 0.3 is 11.7 Å². The lowest BCUT2D eigenvalue weighted by Crippen LogP contribution is -2.54. The van der Waals surface area contributed by atoms with Crippen LogP contribution in [0.4, 0.5) is 16.2 Å². The number of aryl methyl sites for hydroxylation is 2. The molecular weight excluding hydrogens is 394 g/mol. The molecule has 3 rings (SSSR count). The molecule has 0 radical (unpaired) electrons. The zero-order chi connectivity index (χ0) is 22.2. The monoisotopic (exact) mass is 411 g/mol. The van der Waals surface area contributed by atoms with Crippen LogP contribution in [-0.4, -0.2) is 35.0 Å². The molecule has 10 nitrogen and oxygen atoms in total. The molecular formula is C20H17N3O7. The molecule has 1 aliphatic rings. The third-order valence-corrected chi connectivity index (χ3v) is 4.66. The fraction of sp³-hybridized carbons (Fsp3) is 0.150. The number of aromatic hydroxyl groups is 1. The van der Waals surface area contributed by atoms with E-state index in [1.54, 1.807) is 18.2 Å². The summed E-state index contributed by atoms with van der Waals surface area (Å²) in [6, 6.07) is 6.25. The van der Waals surface area contributed by atoms with Gasteiger partial charge in [0.1, 0.15) is 5.57 Å². The number of amides is 4. The van der Waals surface area contributed by atoms with Crippen LogP contribution in [0.2, 0.25) is 0 Å². The zero-order valence-electron chi connectivity index (χ0n) is 16.3. The SMILES string of the molecule is COc1cc(C=C2C(=O)NC(=O)N(c3ccc(C)c(C)c3)C2=O)cc([N+](=O)[O-])c1O. The fourth-order valence-corrected chi connectivity index (χ4v) is 2.92. The Morgan fingerprint density at radius 3 is 2.43 bits per heavy atom. The number of anilines is 1. The van der Waals surface area contributed by atoms with Crippen molar-refractivity contribution in [1.82, 2.24) is 5.32 Å². The van der Waals surface area contributed by atoms with E-state index in [0.717, 1.165) is 28.2 Å². The van der Waals surface area contributed by atoms with Crippen molar-refractivity contribution < 1.29 is 29.2 Å². The Balaban J connectivity index is 2.10. The number of phenols is 1. The number of hydrogen-bond donors (Lipinski definition) is 2. The third-order valence-electron chi connectivity index (χ3n) is 4.66. The third kappa shape index (κ3) is 3.58. The highest BCUT2D eigenvalue weighted by Crippen LogP contribution is 2.37. The molecule has 0 bridgehead atoms. The highest BCUT2D eigenvalue weighted by atomic mass is 16.6. The standard InChI is InChI=1S/C20H17N3O7/c1-10-4-5-13(6-11(10)2)22-19(26)14(18(25)21-20(22)27)7-12-8-15(23(28)29)17(24)16(9-12)30-3/h4-9,24H,1-3H3,(H,21,25,27). The van der Waals surface area contributed by atoms with Gasteiger partial charge in [0.2, 0.25) is 5.75 Å². The van der Waals surface area contributed by atoms with Crippen molar-refractivity contribution in [3.63, 3.8) is 0 Å². The van der Waals surface area contributed by atoms with E-state index >= 15 is 0 Å². The van der Waals surface area contributed by atoms with E-state index in [4.69, 9.17) is 4.74 Å². The average molecular weight is 411 g/mol. The van der Waals surface area contributed by atoms with Gasteiger partial charge in [-0.05, 0) is 54.8 Å². The minimum Gasteiger partial charge on any atom is -0.500 e. The first-order valence-electron chi connectivity index (χ1n) is 8.68. The zero-order valence-corrected chi connectivity index (χ0v) is 16.3. The molecule has 0 unspecified atom stereocenters. The number of imide groups is 2. The molecule has 4 amide bonds. The Morgan fingerprint density at radius 1 is 1.13 bits per heavy atom. The van der Waals surface area contributed by atoms with Gasteiger partial charge in [-0.25, -0.2) is 9.69 Å². The summed E-state index contributed by atoms with van der Waals surface area (Å²) < 4.78 is 4.92. The number of carbonyl (C=O) groups excluding carboxylic acids is 3. The number of nitrogens with zero attached hydrogens (tertiary/aromatic N) is 2. The normalized spacial score (nSPS) is 15.4. The van der Waals surface area contributed by atoms with Gasteiger partial charge in [0.15, 0.2) is 5.75 Å². The van der Waals surface area contributed by atoms with Gasteiger partial charge in [0.25, 0.3) is 11.8 Å². The highest BCUT2D eigenvalue weighted by Gasteiger charge is 2.37. The maximum Gasteiger partial charge on any atom is 0.335 e. The van der Waals surface area contributed by atoms with Crippen molar-refractivity contribution >= 4 is 35.3 Å². The summed E-state index contributed by atoms with van der Waals surface area (Å²) >= 11 is 0.